The van der Waals surface area contributed by atoms with Crippen LogP contribution in [0.15, 0.2) is 0 Å². The molecule has 0 aliphatic heterocycles. The van der Waals surface area contributed by atoms with Crippen molar-refractivity contribution in [2.75, 3.05) is 0 Å². The molecule has 8 unspecified atom stereocenters. The molecule has 5 saturated carbocycles. The van der Waals surface area contributed by atoms with E-state index in [4.69, 9.17) is 0 Å². The highest BCUT2D eigenvalue weighted by Crippen LogP contribution is 2.58. The van der Waals surface area contributed by atoms with Gasteiger partial charge in [0.25, 0.3) is 0 Å². The maximum absolute atomic E-state index is 11.2. The molecule has 5 rings (SSSR count). The third-order valence-electron chi connectivity index (χ3n) is 14.9. The van der Waals surface area contributed by atoms with Gasteiger partial charge in [-0.3, -0.25) is 0 Å². The van der Waals surface area contributed by atoms with Gasteiger partial charge in [0, 0.05) is 0 Å². The van der Waals surface area contributed by atoms with Crippen LogP contribution in [0, 0.1) is 70.0 Å². The summed E-state index contributed by atoms with van der Waals surface area (Å²) < 4.78 is 0. The number of rotatable bonds is 6. The van der Waals surface area contributed by atoms with Crippen LogP contribution in [0.3, 0.4) is 0 Å². The van der Waals surface area contributed by atoms with Crippen molar-refractivity contribution < 1.29 is 10.2 Å². The van der Waals surface area contributed by atoms with Crippen molar-refractivity contribution in [1.82, 2.24) is 0 Å². The first-order valence-corrected chi connectivity index (χ1v) is 18.4. The molecule has 0 spiro atoms. The Morgan fingerprint density at radius 1 is 0.450 bits per heavy atom. The topological polar surface area (TPSA) is 40.5 Å². The summed E-state index contributed by atoms with van der Waals surface area (Å²) in [6, 6.07) is 0. The fourth-order valence-electron chi connectivity index (χ4n) is 12.2. The van der Waals surface area contributed by atoms with Gasteiger partial charge in [0.2, 0.25) is 0 Å². The lowest BCUT2D eigenvalue weighted by molar-refractivity contribution is -0.0841. The second kappa shape index (κ2) is 12.9. The molecule has 0 bridgehead atoms. The maximum Gasteiger partial charge on any atom is 0.0573 e. The Balaban J connectivity index is 1.21. The van der Waals surface area contributed by atoms with E-state index in [9.17, 15) is 10.2 Å². The molecular weight excluding hydrogens is 488 g/mol. The fraction of sp³-hybridized carbons (Fsp3) is 1.00. The highest BCUT2D eigenvalue weighted by atomic mass is 16.3. The highest BCUT2D eigenvalue weighted by Gasteiger charge is 2.50. The van der Waals surface area contributed by atoms with Crippen molar-refractivity contribution in [1.29, 1.82) is 0 Å². The Morgan fingerprint density at radius 2 is 0.775 bits per heavy atom. The van der Waals surface area contributed by atoms with E-state index in [1.165, 1.54) is 103 Å². The number of aliphatic hydroxyl groups is 2. The lowest BCUT2D eigenvalue weighted by atomic mass is 9.51. The molecule has 0 radical (unpaired) electrons. The van der Waals surface area contributed by atoms with E-state index in [0.29, 0.717) is 34.5 Å². The second-order valence-corrected chi connectivity index (χ2v) is 17.6. The fourth-order valence-corrected chi connectivity index (χ4v) is 12.2. The molecule has 40 heavy (non-hydrogen) atoms. The Bertz CT molecular complexity index is 715. The minimum absolute atomic E-state index is 0.0601. The summed E-state index contributed by atoms with van der Waals surface area (Å²) in [4.78, 5) is 0. The van der Waals surface area contributed by atoms with Crippen LogP contribution in [0.1, 0.15) is 157 Å². The van der Waals surface area contributed by atoms with Crippen LogP contribution in [-0.2, 0) is 0 Å². The van der Waals surface area contributed by atoms with Gasteiger partial charge < -0.3 is 10.2 Å². The van der Waals surface area contributed by atoms with Gasteiger partial charge >= 0.3 is 0 Å². The monoisotopic (exact) mass is 557 g/mol. The van der Waals surface area contributed by atoms with Crippen molar-refractivity contribution in [2.24, 2.45) is 70.0 Å². The zero-order valence-electron chi connectivity index (χ0n) is 27.6. The van der Waals surface area contributed by atoms with Crippen LogP contribution in [0.4, 0.5) is 0 Å². The Hall–Kier alpha value is -0.0800. The largest absolute Gasteiger partial charge is 0.393 e. The Labute approximate surface area is 249 Å². The summed E-state index contributed by atoms with van der Waals surface area (Å²) >= 11 is 0. The summed E-state index contributed by atoms with van der Waals surface area (Å²) in [6.45, 7) is 15.4. The molecular formula is C38H68O2. The van der Waals surface area contributed by atoms with Crippen molar-refractivity contribution in [3.63, 3.8) is 0 Å². The van der Waals surface area contributed by atoms with Crippen LogP contribution in [-0.4, -0.2) is 22.4 Å². The van der Waals surface area contributed by atoms with Crippen molar-refractivity contribution >= 4 is 0 Å². The first-order chi connectivity index (χ1) is 19.0. The molecule has 2 N–H and O–H groups in total. The standard InChI is InChI=1S/C38H68O2/c1-25-21-35(39)31(27-13-9-7-10-14-27)23-33(25)37(3,4)29-17-19-30(20-18-29)38(5,6)34-24-32(36(40)22-26(34)2)28-15-11-8-12-16-28/h25-36,39-40H,7-24H2,1-6H3. The van der Waals surface area contributed by atoms with Crippen LogP contribution < -0.4 is 0 Å². The van der Waals surface area contributed by atoms with Gasteiger partial charge in [0.15, 0.2) is 0 Å². The van der Waals surface area contributed by atoms with Crippen LogP contribution in [0.25, 0.3) is 0 Å². The maximum atomic E-state index is 11.2. The SMILES string of the molecule is CC1CC(O)C(C2CCCCC2)CC1C(C)(C)C1CCC(C(C)(C)C2CC(C3CCCCC3)C(O)CC2C)CC1. The number of hydrogen-bond donors (Lipinski definition) is 2. The molecule has 232 valence electrons. The number of aliphatic hydroxyl groups excluding tert-OH is 2. The molecule has 0 amide bonds. The number of hydrogen-bond acceptors (Lipinski definition) is 2. The average Bonchev–Trinajstić information content (AvgIpc) is 2.94. The van der Waals surface area contributed by atoms with Crippen LogP contribution >= 0.6 is 0 Å². The normalized spacial score (nSPS) is 43.5. The summed E-state index contributed by atoms with van der Waals surface area (Å²) in [6.07, 6.45) is 23.9. The molecule has 5 aliphatic carbocycles. The van der Waals surface area contributed by atoms with E-state index in [1.807, 2.05) is 0 Å². The molecule has 0 saturated heterocycles. The van der Waals surface area contributed by atoms with E-state index < -0.39 is 0 Å². The van der Waals surface area contributed by atoms with Gasteiger partial charge in [0.1, 0.15) is 0 Å². The van der Waals surface area contributed by atoms with Crippen LogP contribution in [0.2, 0.25) is 0 Å². The zero-order valence-corrected chi connectivity index (χ0v) is 27.6. The quantitative estimate of drug-likeness (QED) is 0.342. The first-order valence-electron chi connectivity index (χ1n) is 18.4. The summed E-state index contributed by atoms with van der Waals surface area (Å²) in [7, 11) is 0. The molecule has 0 heterocycles. The molecule has 5 aliphatic rings. The second-order valence-electron chi connectivity index (χ2n) is 17.6. The molecule has 2 heteroatoms. The van der Waals surface area contributed by atoms with Gasteiger partial charge in [-0.15, -0.1) is 0 Å². The minimum Gasteiger partial charge on any atom is -0.393 e. The third kappa shape index (κ3) is 6.39. The predicted octanol–water partition coefficient (Wildman–Crippen LogP) is 10.1. The summed E-state index contributed by atoms with van der Waals surface area (Å²) in [5, 5.41) is 22.3. The van der Waals surface area contributed by atoms with E-state index in [1.54, 1.807) is 0 Å². The van der Waals surface area contributed by atoms with Gasteiger partial charge in [-0.1, -0.05) is 106 Å². The smallest absolute Gasteiger partial charge is 0.0573 e. The third-order valence-corrected chi connectivity index (χ3v) is 14.9. The molecule has 0 aromatic rings. The predicted molar refractivity (Wildman–Crippen MR) is 169 cm³/mol. The van der Waals surface area contributed by atoms with Crippen molar-refractivity contribution in [3.8, 4) is 0 Å². The van der Waals surface area contributed by atoms with Gasteiger partial charge in [-0.2, -0.15) is 0 Å². The molecule has 0 aromatic heterocycles. The zero-order chi connectivity index (χ0) is 28.7. The lowest BCUT2D eigenvalue weighted by Crippen LogP contribution is -2.48. The van der Waals surface area contributed by atoms with E-state index in [0.717, 1.165) is 48.3 Å². The van der Waals surface area contributed by atoms with Gasteiger partial charge in [-0.25, -0.2) is 0 Å². The molecule has 0 aromatic carbocycles. The Kier molecular flexibility index (Phi) is 10.1. The Morgan fingerprint density at radius 3 is 1.10 bits per heavy atom. The van der Waals surface area contributed by atoms with Gasteiger partial charge in [-0.05, 0) is 121 Å². The van der Waals surface area contributed by atoms with E-state index >= 15 is 0 Å². The van der Waals surface area contributed by atoms with E-state index in [-0.39, 0.29) is 12.2 Å². The highest BCUT2D eigenvalue weighted by molar-refractivity contribution is 5.00. The summed E-state index contributed by atoms with van der Waals surface area (Å²) in [5.41, 5.74) is 0.742. The van der Waals surface area contributed by atoms with Gasteiger partial charge in [0.05, 0.1) is 12.2 Å². The molecule has 8 atom stereocenters. The minimum atomic E-state index is -0.0601. The summed E-state index contributed by atoms with van der Waals surface area (Å²) in [5.74, 6) is 7.12. The van der Waals surface area contributed by atoms with Crippen molar-refractivity contribution in [2.45, 2.75) is 169 Å². The van der Waals surface area contributed by atoms with Crippen LogP contribution in [0.5, 0.6) is 0 Å². The van der Waals surface area contributed by atoms with Crippen molar-refractivity contribution in [3.05, 3.63) is 0 Å². The van der Waals surface area contributed by atoms with E-state index in [2.05, 4.69) is 41.5 Å². The lowest BCUT2D eigenvalue weighted by Gasteiger charge is -2.55. The first kappa shape index (κ1) is 31.3. The average molecular weight is 557 g/mol. The molecule has 5 fully saturated rings. The molecule has 2 nitrogen and oxygen atoms in total.